The molecule has 86 valence electrons. The first-order valence-electron chi connectivity index (χ1n) is 6.35. The largest absolute Gasteiger partial charge is 0.396 e. The van der Waals surface area contributed by atoms with Gasteiger partial charge in [-0.15, -0.1) is 0 Å². The molecule has 4 aliphatic rings. The first-order chi connectivity index (χ1) is 7.05. The number of rotatable bonds is 2. The van der Waals surface area contributed by atoms with E-state index in [0.717, 1.165) is 19.3 Å². The minimum atomic E-state index is -0.868. The topological polar surface area (TPSA) is 20.2 Å². The van der Waals surface area contributed by atoms with Crippen molar-refractivity contribution >= 4 is 0 Å². The zero-order valence-corrected chi connectivity index (χ0v) is 9.51. The van der Waals surface area contributed by atoms with Gasteiger partial charge in [-0.25, -0.2) is 4.39 Å². The highest BCUT2D eigenvalue weighted by molar-refractivity contribution is 5.09. The molecular formula is C13H21FO. The van der Waals surface area contributed by atoms with Crippen LogP contribution in [0.5, 0.6) is 0 Å². The number of alkyl halides is 1. The molecular weight excluding hydrogens is 191 g/mol. The third-order valence-corrected chi connectivity index (χ3v) is 5.35. The Morgan fingerprint density at radius 2 is 1.87 bits per heavy atom. The number of halogens is 1. The molecule has 4 bridgehead atoms. The van der Waals surface area contributed by atoms with Crippen LogP contribution in [0.25, 0.3) is 0 Å². The predicted molar refractivity (Wildman–Crippen MR) is 57.2 cm³/mol. The summed E-state index contributed by atoms with van der Waals surface area (Å²) in [6.07, 6.45) is 5.96. The molecule has 2 unspecified atom stereocenters. The summed E-state index contributed by atoms with van der Waals surface area (Å²) in [5.74, 6) is 1.52. The van der Waals surface area contributed by atoms with E-state index >= 15 is 0 Å². The fraction of sp³-hybridized carbons (Fsp3) is 1.00. The normalized spacial score (nSPS) is 54.6. The number of hydrogen-bond donors (Lipinski definition) is 1. The molecule has 4 fully saturated rings. The third kappa shape index (κ3) is 1.37. The van der Waals surface area contributed by atoms with E-state index in [1.807, 2.05) is 0 Å². The molecule has 0 heterocycles. The van der Waals surface area contributed by atoms with Crippen molar-refractivity contribution in [3.63, 3.8) is 0 Å². The monoisotopic (exact) mass is 212 g/mol. The fourth-order valence-corrected chi connectivity index (χ4v) is 4.99. The summed E-state index contributed by atoms with van der Waals surface area (Å²) in [5, 5.41) is 9.36. The third-order valence-electron chi connectivity index (χ3n) is 5.35. The lowest BCUT2D eigenvalue weighted by Crippen LogP contribution is -2.56. The molecule has 2 heteroatoms. The lowest BCUT2D eigenvalue weighted by molar-refractivity contribution is -0.149. The van der Waals surface area contributed by atoms with Gasteiger partial charge in [0.2, 0.25) is 0 Å². The highest BCUT2D eigenvalue weighted by Crippen LogP contribution is 2.65. The summed E-state index contributed by atoms with van der Waals surface area (Å²) in [5.41, 5.74) is -0.721. The van der Waals surface area contributed by atoms with E-state index in [-0.39, 0.29) is 12.0 Å². The average Bonchev–Trinajstić information content (AvgIpc) is 2.12. The van der Waals surface area contributed by atoms with Gasteiger partial charge in [-0.2, -0.15) is 0 Å². The van der Waals surface area contributed by atoms with Gasteiger partial charge in [-0.3, -0.25) is 0 Å². The summed E-state index contributed by atoms with van der Waals surface area (Å²) in [4.78, 5) is 0. The number of aliphatic hydroxyl groups is 1. The molecule has 1 N–H and O–H groups in total. The molecule has 4 rings (SSSR count). The molecule has 15 heavy (non-hydrogen) atoms. The minimum Gasteiger partial charge on any atom is -0.396 e. The lowest BCUT2D eigenvalue weighted by Gasteiger charge is -2.61. The van der Waals surface area contributed by atoms with Gasteiger partial charge < -0.3 is 5.11 Å². The van der Waals surface area contributed by atoms with Gasteiger partial charge >= 0.3 is 0 Å². The SMILES string of the molecule is C[C@@H](CO)C12CC3CC(CC(F)(C3)C1)C2. The van der Waals surface area contributed by atoms with Gasteiger partial charge in [0.25, 0.3) is 0 Å². The van der Waals surface area contributed by atoms with Crippen LogP contribution >= 0.6 is 0 Å². The van der Waals surface area contributed by atoms with Crippen LogP contribution in [0.1, 0.15) is 45.4 Å². The summed E-state index contributed by atoms with van der Waals surface area (Å²) < 4.78 is 14.5. The lowest BCUT2D eigenvalue weighted by atomic mass is 9.46. The molecule has 0 amide bonds. The Morgan fingerprint density at radius 3 is 2.33 bits per heavy atom. The summed E-state index contributed by atoms with van der Waals surface area (Å²) in [6, 6.07) is 0. The Kier molecular flexibility index (Phi) is 1.99. The standard InChI is InChI=1S/C13H21FO/c1-9(7-15)12-3-10-2-11(4-12)6-13(14,5-10)8-12/h9-11,15H,2-8H2,1H3/t9-,10?,11?,12?,13?/m0/s1. The van der Waals surface area contributed by atoms with E-state index in [9.17, 15) is 9.50 Å². The molecule has 4 saturated carbocycles. The first kappa shape index (κ1) is 10.1. The Labute approximate surface area is 91.1 Å². The second kappa shape index (κ2) is 2.97. The maximum Gasteiger partial charge on any atom is 0.112 e. The van der Waals surface area contributed by atoms with Gasteiger partial charge in [0.05, 0.1) is 0 Å². The molecule has 0 radical (unpaired) electrons. The van der Waals surface area contributed by atoms with Crippen LogP contribution in [0.2, 0.25) is 0 Å². The van der Waals surface area contributed by atoms with E-state index in [2.05, 4.69) is 6.92 Å². The first-order valence-corrected chi connectivity index (χ1v) is 6.35. The van der Waals surface area contributed by atoms with Crippen LogP contribution in [-0.2, 0) is 0 Å². The Balaban J connectivity index is 1.92. The number of hydrogen-bond acceptors (Lipinski definition) is 1. The summed E-state index contributed by atoms with van der Waals surface area (Å²) in [6.45, 7) is 2.34. The van der Waals surface area contributed by atoms with Crippen molar-refractivity contribution in [1.29, 1.82) is 0 Å². The molecule has 1 nitrogen and oxygen atoms in total. The maximum absolute atomic E-state index is 14.5. The van der Waals surface area contributed by atoms with Crippen molar-refractivity contribution < 1.29 is 9.50 Å². The second-order valence-electron chi connectivity index (χ2n) is 6.56. The smallest absolute Gasteiger partial charge is 0.112 e. The highest BCUT2D eigenvalue weighted by atomic mass is 19.1. The van der Waals surface area contributed by atoms with E-state index in [0.29, 0.717) is 17.8 Å². The second-order valence-corrected chi connectivity index (χ2v) is 6.56. The Hall–Kier alpha value is -0.110. The average molecular weight is 212 g/mol. The quantitative estimate of drug-likeness (QED) is 0.746. The van der Waals surface area contributed by atoms with Crippen molar-refractivity contribution in [1.82, 2.24) is 0 Å². The molecule has 0 aromatic rings. The molecule has 0 aromatic heterocycles. The van der Waals surface area contributed by atoms with Gasteiger partial charge in [-0.05, 0) is 61.7 Å². The van der Waals surface area contributed by atoms with Crippen molar-refractivity contribution in [3.05, 3.63) is 0 Å². The van der Waals surface area contributed by atoms with Gasteiger partial charge in [0.1, 0.15) is 5.67 Å². The number of aliphatic hydroxyl groups excluding tert-OH is 1. The van der Waals surface area contributed by atoms with E-state index in [4.69, 9.17) is 0 Å². The molecule has 4 aliphatic carbocycles. The van der Waals surface area contributed by atoms with Crippen LogP contribution in [0.3, 0.4) is 0 Å². The molecule has 0 aliphatic heterocycles. The van der Waals surface area contributed by atoms with Gasteiger partial charge in [0.15, 0.2) is 0 Å². The predicted octanol–water partition coefficient (Wildman–Crippen LogP) is 2.92. The Bertz CT molecular complexity index is 262. The van der Waals surface area contributed by atoms with E-state index < -0.39 is 5.67 Å². The van der Waals surface area contributed by atoms with Crippen LogP contribution in [-0.4, -0.2) is 17.4 Å². The summed E-state index contributed by atoms with van der Waals surface area (Å²) in [7, 11) is 0. The highest BCUT2D eigenvalue weighted by Gasteiger charge is 2.59. The minimum absolute atomic E-state index is 0.146. The van der Waals surface area contributed by atoms with Crippen molar-refractivity contribution in [2.24, 2.45) is 23.2 Å². The van der Waals surface area contributed by atoms with Gasteiger partial charge in [0, 0.05) is 6.61 Å². The maximum atomic E-state index is 14.5. The Morgan fingerprint density at radius 1 is 1.27 bits per heavy atom. The van der Waals surface area contributed by atoms with Crippen molar-refractivity contribution in [3.8, 4) is 0 Å². The summed E-state index contributed by atoms with van der Waals surface area (Å²) >= 11 is 0. The van der Waals surface area contributed by atoms with Crippen LogP contribution in [0.15, 0.2) is 0 Å². The van der Waals surface area contributed by atoms with Gasteiger partial charge in [-0.1, -0.05) is 6.92 Å². The molecule has 0 aromatic carbocycles. The van der Waals surface area contributed by atoms with E-state index in [1.54, 1.807) is 0 Å². The van der Waals surface area contributed by atoms with Crippen LogP contribution in [0.4, 0.5) is 4.39 Å². The fourth-order valence-electron chi connectivity index (χ4n) is 4.99. The zero-order valence-electron chi connectivity index (χ0n) is 9.51. The van der Waals surface area contributed by atoms with Crippen LogP contribution in [0, 0.1) is 23.2 Å². The van der Waals surface area contributed by atoms with Crippen molar-refractivity contribution in [2.45, 2.75) is 51.1 Å². The van der Waals surface area contributed by atoms with Crippen molar-refractivity contribution in [2.75, 3.05) is 6.61 Å². The molecule has 0 spiro atoms. The van der Waals surface area contributed by atoms with Crippen LogP contribution < -0.4 is 0 Å². The van der Waals surface area contributed by atoms with E-state index in [1.165, 1.54) is 19.3 Å². The molecule has 3 atom stereocenters. The zero-order chi connectivity index (χ0) is 10.7. The molecule has 0 saturated heterocycles.